The zero-order valence-electron chi connectivity index (χ0n) is 10.1. The van der Waals surface area contributed by atoms with Gasteiger partial charge < -0.3 is 10.3 Å². The van der Waals surface area contributed by atoms with E-state index in [0.717, 1.165) is 11.0 Å². The molecule has 0 atom stereocenters. The molecular weight excluding hydrogens is 266 g/mol. The molecule has 4 nitrogen and oxygen atoms in total. The van der Waals surface area contributed by atoms with Crippen molar-refractivity contribution in [1.29, 1.82) is 0 Å². The lowest BCUT2D eigenvalue weighted by Crippen LogP contribution is -2.31. The van der Waals surface area contributed by atoms with Gasteiger partial charge in [0.25, 0.3) is 5.91 Å². The molecule has 1 aromatic rings. The van der Waals surface area contributed by atoms with Crippen molar-refractivity contribution in [2.75, 3.05) is 19.0 Å². The summed E-state index contributed by atoms with van der Waals surface area (Å²) in [6.07, 6.45) is -5.48. The quantitative estimate of drug-likeness (QED) is 0.504. The minimum absolute atomic E-state index is 0.118. The third kappa shape index (κ3) is 4.09. The van der Waals surface area contributed by atoms with Gasteiger partial charge in [0.2, 0.25) is 0 Å². The number of nitrogens with two attached hydrogens (primary N) is 1. The van der Waals surface area contributed by atoms with Crippen molar-refractivity contribution in [2.45, 2.75) is 12.6 Å². The topological polar surface area (TPSA) is 58.4 Å². The predicted octanol–water partition coefficient (Wildman–Crippen LogP) is 2.14. The van der Waals surface area contributed by atoms with Crippen LogP contribution < -0.4 is 11.3 Å². The van der Waals surface area contributed by atoms with Crippen LogP contribution in [0.5, 0.6) is 0 Å². The maximum absolute atomic E-state index is 13.4. The number of hydrazine groups is 1. The summed E-state index contributed by atoms with van der Waals surface area (Å²) < 4.78 is 49.5. The van der Waals surface area contributed by atoms with Crippen LogP contribution in [0.2, 0.25) is 0 Å². The van der Waals surface area contributed by atoms with Crippen molar-refractivity contribution in [1.82, 2.24) is 4.90 Å². The lowest BCUT2D eigenvalue weighted by molar-refractivity contribution is -0.136. The van der Waals surface area contributed by atoms with Crippen LogP contribution in [0.3, 0.4) is 0 Å². The van der Waals surface area contributed by atoms with Crippen molar-refractivity contribution in [3.8, 4) is 0 Å². The highest BCUT2D eigenvalue weighted by atomic mass is 19.4. The molecule has 0 aliphatic carbocycles. The molecule has 0 spiro atoms. The van der Waals surface area contributed by atoms with Gasteiger partial charge in [-0.2, -0.15) is 13.2 Å². The summed E-state index contributed by atoms with van der Waals surface area (Å²) in [5.41, 5.74) is 1.66. The van der Waals surface area contributed by atoms with Gasteiger partial charge >= 0.3 is 6.18 Å². The second kappa shape index (κ2) is 5.87. The van der Waals surface area contributed by atoms with E-state index in [0.29, 0.717) is 0 Å². The van der Waals surface area contributed by atoms with Crippen molar-refractivity contribution in [2.24, 2.45) is 5.84 Å². The minimum Gasteiger partial charge on any atom is -0.341 e. The summed E-state index contributed by atoms with van der Waals surface area (Å²) in [7, 11) is 1.21. The number of carbonyl (C=O) groups is 1. The summed E-state index contributed by atoms with van der Waals surface area (Å²) in [4.78, 5) is 12.8. The Morgan fingerprint density at radius 3 is 2.58 bits per heavy atom. The van der Waals surface area contributed by atoms with Gasteiger partial charge in [0.1, 0.15) is 5.82 Å². The monoisotopic (exact) mass is 279 g/mol. The number of amides is 1. The van der Waals surface area contributed by atoms with Gasteiger partial charge in [-0.25, -0.2) is 4.39 Å². The second-order valence-electron chi connectivity index (χ2n) is 3.90. The SMILES string of the molecule is CN(CCC(F)(F)F)C(=O)c1cccc(F)c1NN. The van der Waals surface area contributed by atoms with Gasteiger partial charge in [-0.3, -0.25) is 10.6 Å². The Labute approximate surface area is 107 Å². The molecule has 0 fully saturated rings. The Morgan fingerprint density at radius 1 is 1.42 bits per heavy atom. The van der Waals surface area contributed by atoms with Crippen LogP contribution in [0.25, 0.3) is 0 Å². The van der Waals surface area contributed by atoms with Crippen LogP contribution in [-0.2, 0) is 0 Å². The number of halogens is 4. The van der Waals surface area contributed by atoms with Crippen LogP contribution in [-0.4, -0.2) is 30.6 Å². The van der Waals surface area contributed by atoms with Crippen LogP contribution >= 0.6 is 0 Å². The standard InChI is InChI=1S/C11H13F4N3O/c1-18(6-5-11(13,14)15)10(19)7-3-2-4-8(12)9(7)17-16/h2-4,17H,5-6,16H2,1H3. The maximum Gasteiger partial charge on any atom is 0.390 e. The molecule has 0 saturated carbocycles. The van der Waals surface area contributed by atoms with Crippen molar-refractivity contribution < 1.29 is 22.4 Å². The third-order valence-corrected chi connectivity index (χ3v) is 2.47. The van der Waals surface area contributed by atoms with Gasteiger partial charge in [-0.15, -0.1) is 0 Å². The molecule has 19 heavy (non-hydrogen) atoms. The third-order valence-electron chi connectivity index (χ3n) is 2.47. The molecule has 0 aromatic heterocycles. The van der Waals surface area contributed by atoms with Crippen molar-refractivity contribution >= 4 is 11.6 Å². The van der Waals surface area contributed by atoms with Gasteiger partial charge in [-0.05, 0) is 12.1 Å². The van der Waals surface area contributed by atoms with Crippen molar-refractivity contribution in [3.63, 3.8) is 0 Å². The molecular formula is C11H13F4N3O. The molecule has 1 amide bonds. The first-order valence-electron chi connectivity index (χ1n) is 5.33. The zero-order valence-corrected chi connectivity index (χ0v) is 10.1. The highest BCUT2D eigenvalue weighted by Gasteiger charge is 2.28. The summed E-state index contributed by atoms with van der Waals surface area (Å²) in [6, 6.07) is 3.65. The molecule has 3 N–H and O–H groups in total. The maximum atomic E-state index is 13.4. The van der Waals surface area contributed by atoms with E-state index in [1.165, 1.54) is 19.2 Å². The van der Waals surface area contributed by atoms with E-state index in [4.69, 9.17) is 5.84 Å². The number of hydrogen-bond donors (Lipinski definition) is 2. The van der Waals surface area contributed by atoms with E-state index < -0.39 is 30.9 Å². The highest BCUT2D eigenvalue weighted by molar-refractivity contribution is 5.99. The minimum atomic E-state index is -4.36. The average Bonchev–Trinajstić information content (AvgIpc) is 2.33. The summed E-state index contributed by atoms with van der Waals surface area (Å²) in [5.74, 6) is 3.60. The van der Waals surface area contributed by atoms with E-state index in [2.05, 4.69) is 0 Å². The predicted molar refractivity (Wildman–Crippen MR) is 61.8 cm³/mol. The molecule has 1 rings (SSSR count). The Hall–Kier alpha value is -1.83. The normalized spacial score (nSPS) is 11.3. The zero-order chi connectivity index (χ0) is 14.6. The number of rotatable bonds is 4. The van der Waals surface area contributed by atoms with Gasteiger partial charge in [0.05, 0.1) is 17.7 Å². The largest absolute Gasteiger partial charge is 0.390 e. The first-order chi connectivity index (χ1) is 8.76. The summed E-state index contributed by atoms with van der Waals surface area (Å²) in [6.45, 7) is -0.511. The molecule has 0 saturated heterocycles. The van der Waals surface area contributed by atoms with E-state index >= 15 is 0 Å². The second-order valence-corrected chi connectivity index (χ2v) is 3.90. The molecule has 1 aromatic carbocycles. The Morgan fingerprint density at radius 2 is 2.05 bits per heavy atom. The molecule has 0 radical (unpaired) electrons. The van der Waals surface area contributed by atoms with E-state index in [-0.39, 0.29) is 11.3 Å². The molecule has 0 heterocycles. The number of alkyl halides is 3. The lowest BCUT2D eigenvalue weighted by atomic mass is 10.1. The average molecular weight is 279 g/mol. The molecule has 8 heteroatoms. The Kier molecular flexibility index (Phi) is 4.71. The van der Waals surface area contributed by atoms with Crippen LogP contribution in [0.4, 0.5) is 23.2 Å². The summed E-state index contributed by atoms with van der Waals surface area (Å²) >= 11 is 0. The first-order valence-corrected chi connectivity index (χ1v) is 5.33. The number of para-hydroxylation sites is 1. The van der Waals surface area contributed by atoms with E-state index in [1.54, 1.807) is 0 Å². The fraction of sp³-hybridized carbons (Fsp3) is 0.364. The van der Waals surface area contributed by atoms with E-state index in [9.17, 15) is 22.4 Å². The smallest absolute Gasteiger partial charge is 0.341 e. The van der Waals surface area contributed by atoms with E-state index in [1.807, 2.05) is 5.43 Å². The van der Waals surface area contributed by atoms with Crippen LogP contribution in [0.15, 0.2) is 18.2 Å². The highest BCUT2D eigenvalue weighted by Crippen LogP contribution is 2.22. The number of nitrogens with zero attached hydrogens (tertiary/aromatic N) is 1. The summed E-state index contributed by atoms with van der Waals surface area (Å²) in [5, 5.41) is 0. The lowest BCUT2D eigenvalue weighted by Gasteiger charge is -2.19. The number of hydrogen-bond acceptors (Lipinski definition) is 3. The molecule has 106 valence electrons. The Bertz CT molecular complexity index is 462. The first kappa shape index (κ1) is 15.2. The number of nitrogen functional groups attached to an aromatic ring is 1. The van der Waals surface area contributed by atoms with Crippen molar-refractivity contribution in [3.05, 3.63) is 29.6 Å². The van der Waals surface area contributed by atoms with Crippen LogP contribution in [0, 0.1) is 5.82 Å². The fourth-order valence-corrected chi connectivity index (χ4v) is 1.45. The van der Waals surface area contributed by atoms with Gasteiger partial charge in [0, 0.05) is 13.6 Å². The molecule has 0 unspecified atom stereocenters. The van der Waals surface area contributed by atoms with Crippen LogP contribution in [0.1, 0.15) is 16.8 Å². The van der Waals surface area contributed by atoms with Gasteiger partial charge in [-0.1, -0.05) is 6.07 Å². The fourth-order valence-electron chi connectivity index (χ4n) is 1.45. The Balaban J connectivity index is 2.86. The number of nitrogens with one attached hydrogen (secondary N) is 1. The number of benzene rings is 1. The molecule has 0 bridgehead atoms. The van der Waals surface area contributed by atoms with Gasteiger partial charge in [0.15, 0.2) is 0 Å². The molecule has 0 aliphatic rings. The number of anilines is 1. The molecule has 0 aliphatic heterocycles. The number of carbonyl (C=O) groups excluding carboxylic acids is 1.